The molecule has 1 saturated heterocycles. The normalized spacial score (nSPS) is 20.2. The van der Waals surface area contributed by atoms with Gasteiger partial charge >= 0.3 is 0 Å². The maximum absolute atomic E-state index is 5.55. The van der Waals surface area contributed by atoms with Crippen LogP contribution < -0.4 is 5.73 Å². The van der Waals surface area contributed by atoms with E-state index in [9.17, 15) is 0 Å². The van der Waals surface area contributed by atoms with Crippen LogP contribution in [0.1, 0.15) is 6.92 Å². The summed E-state index contributed by atoms with van der Waals surface area (Å²) in [5, 5.41) is 0. The van der Waals surface area contributed by atoms with Crippen LogP contribution in [0.25, 0.3) is 0 Å². The Morgan fingerprint density at radius 3 is 2.78 bits per heavy atom. The van der Waals surface area contributed by atoms with E-state index < -0.39 is 0 Å². The highest BCUT2D eigenvalue weighted by atomic mass is 15.2. The highest BCUT2D eigenvalue weighted by Crippen LogP contribution is 2.02. The average molecular weight is 124 g/mol. The predicted octanol–water partition coefficient (Wildman–Crippen LogP) is -0.347. The van der Waals surface area contributed by atoms with Crippen LogP contribution in [-0.4, -0.2) is 30.6 Å². The van der Waals surface area contributed by atoms with E-state index in [4.69, 9.17) is 5.73 Å². The molecule has 50 valence electrons. The van der Waals surface area contributed by atoms with Crippen molar-refractivity contribution in [2.24, 2.45) is 5.73 Å². The lowest BCUT2D eigenvalue weighted by molar-refractivity contribution is 0.172. The van der Waals surface area contributed by atoms with E-state index in [1.54, 1.807) is 0 Å². The van der Waals surface area contributed by atoms with Crippen LogP contribution in [-0.2, 0) is 0 Å². The Balaban J connectivity index is 2.08. The topological polar surface area (TPSA) is 29.3 Å². The van der Waals surface area contributed by atoms with E-state index in [1.165, 1.54) is 0 Å². The van der Waals surface area contributed by atoms with Crippen LogP contribution in [0.4, 0.5) is 0 Å². The van der Waals surface area contributed by atoms with Gasteiger partial charge < -0.3 is 5.73 Å². The van der Waals surface area contributed by atoms with Crippen LogP contribution >= 0.6 is 0 Å². The fourth-order valence-corrected chi connectivity index (χ4v) is 0.930. The fraction of sp³-hybridized carbons (Fsp3) is 0.714. The first-order chi connectivity index (χ1) is 4.33. The summed E-state index contributed by atoms with van der Waals surface area (Å²) in [6.45, 7) is 4.80. The van der Waals surface area contributed by atoms with Crippen molar-refractivity contribution in [2.45, 2.75) is 13.0 Å². The van der Waals surface area contributed by atoms with Crippen molar-refractivity contribution >= 4 is 0 Å². The molecule has 2 nitrogen and oxygen atoms in total. The zero-order chi connectivity index (χ0) is 6.69. The number of hydrogen-bond acceptors (Lipinski definition) is 2. The molecule has 0 aliphatic carbocycles. The number of rotatable bonds is 1. The second kappa shape index (κ2) is 2.86. The minimum Gasteiger partial charge on any atom is -0.325 e. The smallest absolute Gasteiger partial charge is 0.0602 e. The summed E-state index contributed by atoms with van der Waals surface area (Å²) in [6, 6.07) is 0.406. The van der Waals surface area contributed by atoms with Gasteiger partial charge in [0.15, 0.2) is 0 Å². The third kappa shape index (κ3) is 1.70. The molecule has 0 bridgehead atoms. The molecule has 1 heterocycles. The molecule has 0 spiro atoms. The fourth-order valence-electron chi connectivity index (χ4n) is 0.930. The molecular formula is C7H12N2. The van der Waals surface area contributed by atoms with Gasteiger partial charge in [0.1, 0.15) is 0 Å². The lowest BCUT2D eigenvalue weighted by atomic mass is 10.1. The SMILES string of the molecule is CC#CCN1CC(N)C1. The number of hydrogen-bond donors (Lipinski definition) is 1. The Morgan fingerprint density at radius 1 is 1.67 bits per heavy atom. The first-order valence-corrected chi connectivity index (χ1v) is 3.20. The summed E-state index contributed by atoms with van der Waals surface area (Å²) >= 11 is 0. The van der Waals surface area contributed by atoms with Crippen LogP contribution in [0.5, 0.6) is 0 Å². The number of nitrogens with two attached hydrogens (primary N) is 1. The molecule has 9 heavy (non-hydrogen) atoms. The summed E-state index contributed by atoms with van der Waals surface area (Å²) in [7, 11) is 0. The Labute approximate surface area is 56.0 Å². The maximum atomic E-state index is 5.55. The van der Waals surface area contributed by atoms with Crippen molar-refractivity contribution in [3.8, 4) is 11.8 Å². The molecule has 1 fully saturated rings. The highest BCUT2D eigenvalue weighted by molar-refractivity contribution is 5.00. The molecule has 0 aromatic carbocycles. The molecule has 0 aromatic heterocycles. The van der Waals surface area contributed by atoms with Crippen molar-refractivity contribution in [3.05, 3.63) is 0 Å². The van der Waals surface area contributed by atoms with Gasteiger partial charge in [0.05, 0.1) is 6.54 Å². The quantitative estimate of drug-likeness (QED) is 0.484. The summed E-state index contributed by atoms with van der Waals surface area (Å²) in [6.07, 6.45) is 0. The van der Waals surface area contributed by atoms with Crippen LogP contribution in [0.3, 0.4) is 0 Å². The van der Waals surface area contributed by atoms with Crippen molar-refractivity contribution in [2.75, 3.05) is 19.6 Å². The standard InChI is InChI=1S/C7H12N2/c1-2-3-4-9-5-7(8)6-9/h7H,4-6,8H2,1H3. The third-order valence-electron chi connectivity index (χ3n) is 1.46. The van der Waals surface area contributed by atoms with Crippen molar-refractivity contribution in [1.29, 1.82) is 0 Å². The minimum absolute atomic E-state index is 0.406. The zero-order valence-electron chi connectivity index (χ0n) is 5.72. The second-order valence-electron chi connectivity index (χ2n) is 2.38. The van der Waals surface area contributed by atoms with Gasteiger partial charge in [0.2, 0.25) is 0 Å². The predicted molar refractivity (Wildman–Crippen MR) is 37.9 cm³/mol. The summed E-state index contributed by atoms with van der Waals surface area (Å²) < 4.78 is 0. The van der Waals surface area contributed by atoms with Gasteiger partial charge in [-0.25, -0.2) is 0 Å². The van der Waals surface area contributed by atoms with E-state index in [-0.39, 0.29) is 0 Å². The Kier molecular flexibility index (Phi) is 2.10. The van der Waals surface area contributed by atoms with E-state index >= 15 is 0 Å². The maximum Gasteiger partial charge on any atom is 0.0602 e. The van der Waals surface area contributed by atoms with Crippen LogP contribution in [0, 0.1) is 11.8 Å². The van der Waals surface area contributed by atoms with Crippen molar-refractivity contribution < 1.29 is 0 Å². The van der Waals surface area contributed by atoms with Gasteiger partial charge in [0, 0.05) is 19.1 Å². The lowest BCUT2D eigenvalue weighted by Gasteiger charge is -2.35. The number of likely N-dealkylation sites (tertiary alicyclic amines) is 1. The van der Waals surface area contributed by atoms with Crippen molar-refractivity contribution in [3.63, 3.8) is 0 Å². The largest absolute Gasteiger partial charge is 0.325 e. The second-order valence-corrected chi connectivity index (χ2v) is 2.38. The van der Waals surface area contributed by atoms with E-state index in [0.29, 0.717) is 6.04 Å². The molecule has 2 heteroatoms. The van der Waals surface area contributed by atoms with Crippen LogP contribution in [0.2, 0.25) is 0 Å². The van der Waals surface area contributed by atoms with Gasteiger partial charge in [-0.05, 0) is 6.92 Å². The number of nitrogens with zero attached hydrogens (tertiary/aromatic N) is 1. The first kappa shape index (κ1) is 6.60. The third-order valence-corrected chi connectivity index (χ3v) is 1.46. The Hall–Kier alpha value is -0.520. The molecule has 0 radical (unpaired) electrons. The van der Waals surface area contributed by atoms with Gasteiger partial charge in [0.25, 0.3) is 0 Å². The molecule has 0 unspecified atom stereocenters. The van der Waals surface area contributed by atoms with Gasteiger partial charge in [-0.3, -0.25) is 4.90 Å². The highest BCUT2D eigenvalue weighted by Gasteiger charge is 2.20. The van der Waals surface area contributed by atoms with Crippen molar-refractivity contribution in [1.82, 2.24) is 4.90 Å². The van der Waals surface area contributed by atoms with E-state index in [0.717, 1.165) is 19.6 Å². The Bertz CT molecular complexity index is 137. The Morgan fingerprint density at radius 2 is 2.33 bits per heavy atom. The molecule has 1 aliphatic rings. The molecule has 0 aromatic rings. The molecular weight excluding hydrogens is 112 g/mol. The minimum atomic E-state index is 0.406. The molecule has 1 rings (SSSR count). The lowest BCUT2D eigenvalue weighted by Crippen LogP contribution is -2.55. The molecule has 0 saturated carbocycles. The summed E-state index contributed by atoms with van der Waals surface area (Å²) in [5.41, 5.74) is 5.55. The molecule has 1 aliphatic heterocycles. The monoisotopic (exact) mass is 124 g/mol. The summed E-state index contributed by atoms with van der Waals surface area (Å²) in [5.74, 6) is 5.84. The van der Waals surface area contributed by atoms with E-state index in [1.807, 2.05) is 6.92 Å². The molecule has 0 atom stereocenters. The van der Waals surface area contributed by atoms with E-state index in [2.05, 4.69) is 16.7 Å². The first-order valence-electron chi connectivity index (χ1n) is 3.20. The zero-order valence-corrected chi connectivity index (χ0v) is 5.72. The van der Waals surface area contributed by atoms with Crippen LogP contribution in [0.15, 0.2) is 0 Å². The van der Waals surface area contributed by atoms with Gasteiger partial charge in [-0.2, -0.15) is 0 Å². The average Bonchev–Trinajstić information content (AvgIpc) is 1.78. The van der Waals surface area contributed by atoms with Gasteiger partial charge in [-0.15, -0.1) is 5.92 Å². The molecule has 2 N–H and O–H groups in total. The van der Waals surface area contributed by atoms with Gasteiger partial charge in [-0.1, -0.05) is 5.92 Å². The molecule has 0 amide bonds. The summed E-state index contributed by atoms with van der Waals surface area (Å²) in [4.78, 5) is 2.24.